The number of nitrogens with one attached hydrogen (secondary N) is 1. The van der Waals surface area contributed by atoms with Gasteiger partial charge in [-0.25, -0.2) is 4.79 Å². The van der Waals surface area contributed by atoms with Crippen molar-refractivity contribution in [2.24, 2.45) is 0 Å². The number of hydrogen-bond donors (Lipinski definition) is 2. The molecule has 5 heteroatoms. The van der Waals surface area contributed by atoms with Crippen molar-refractivity contribution in [1.29, 1.82) is 0 Å². The van der Waals surface area contributed by atoms with E-state index in [9.17, 15) is 9.59 Å². The summed E-state index contributed by atoms with van der Waals surface area (Å²) in [6, 6.07) is -0.302. The molecule has 74 valence electrons. The third-order valence-electron chi connectivity index (χ3n) is 2.38. The van der Waals surface area contributed by atoms with Crippen molar-refractivity contribution < 1.29 is 9.59 Å². The Balaban J connectivity index is 2.81. The van der Waals surface area contributed by atoms with Crippen molar-refractivity contribution in [2.45, 2.75) is 25.8 Å². The maximum Gasteiger partial charge on any atom is 0.325 e. The van der Waals surface area contributed by atoms with Crippen LogP contribution in [0.4, 0.5) is 4.79 Å². The summed E-state index contributed by atoms with van der Waals surface area (Å²) in [6.45, 7) is 4.00. The second-order valence-electron chi connectivity index (χ2n) is 3.30. The van der Waals surface area contributed by atoms with Gasteiger partial charge in [-0.3, -0.25) is 9.69 Å². The lowest BCUT2D eigenvalue weighted by atomic mass is 10.00. The molecule has 13 heavy (non-hydrogen) atoms. The molecule has 1 saturated heterocycles. The molecule has 0 aromatic carbocycles. The fourth-order valence-corrected chi connectivity index (χ4v) is 1.49. The quantitative estimate of drug-likeness (QED) is 0.521. The SMILES string of the molecule is CCC1(C)NC(=O)N(CCS)C1=O. The van der Waals surface area contributed by atoms with Crippen molar-refractivity contribution in [1.82, 2.24) is 10.2 Å². The van der Waals surface area contributed by atoms with Crippen LogP contribution in [0.3, 0.4) is 0 Å². The van der Waals surface area contributed by atoms with Gasteiger partial charge in [0.15, 0.2) is 0 Å². The molecule has 0 aromatic rings. The molecule has 0 aromatic heterocycles. The number of carbonyl (C=O) groups excluding carboxylic acids is 2. The minimum absolute atomic E-state index is 0.144. The number of carbonyl (C=O) groups is 2. The van der Waals surface area contributed by atoms with Crippen molar-refractivity contribution in [3.05, 3.63) is 0 Å². The Morgan fingerprint density at radius 3 is 2.54 bits per heavy atom. The van der Waals surface area contributed by atoms with E-state index in [0.29, 0.717) is 18.7 Å². The van der Waals surface area contributed by atoms with Crippen LogP contribution < -0.4 is 5.32 Å². The summed E-state index contributed by atoms with van der Waals surface area (Å²) in [5.41, 5.74) is -0.708. The number of imide groups is 1. The highest BCUT2D eigenvalue weighted by Crippen LogP contribution is 2.20. The molecule has 1 fully saturated rings. The Morgan fingerprint density at radius 2 is 2.15 bits per heavy atom. The zero-order valence-electron chi connectivity index (χ0n) is 7.83. The molecule has 0 saturated carbocycles. The average Bonchev–Trinajstić information content (AvgIpc) is 2.31. The van der Waals surface area contributed by atoms with Crippen LogP contribution >= 0.6 is 12.6 Å². The second kappa shape index (κ2) is 3.57. The van der Waals surface area contributed by atoms with Crippen LogP contribution in [-0.2, 0) is 4.79 Å². The van der Waals surface area contributed by atoms with E-state index in [1.807, 2.05) is 6.92 Å². The molecule has 1 N–H and O–H groups in total. The van der Waals surface area contributed by atoms with E-state index in [4.69, 9.17) is 0 Å². The van der Waals surface area contributed by atoms with Crippen LogP contribution in [0.1, 0.15) is 20.3 Å². The minimum Gasteiger partial charge on any atom is -0.323 e. The number of hydrogen-bond acceptors (Lipinski definition) is 3. The van der Waals surface area contributed by atoms with Gasteiger partial charge in [0.1, 0.15) is 5.54 Å². The van der Waals surface area contributed by atoms with Gasteiger partial charge >= 0.3 is 6.03 Å². The third-order valence-corrected chi connectivity index (χ3v) is 2.58. The molecule has 0 bridgehead atoms. The molecule has 1 unspecified atom stereocenters. The van der Waals surface area contributed by atoms with Crippen molar-refractivity contribution in [3.63, 3.8) is 0 Å². The highest BCUT2D eigenvalue weighted by Gasteiger charge is 2.45. The Morgan fingerprint density at radius 1 is 1.54 bits per heavy atom. The number of urea groups is 1. The van der Waals surface area contributed by atoms with Crippen LogP contribution in [0.15, 0.2) is 0 Å². The van der Waals surface area contributed by atoms with Gasteiger partial charge < -0.3 is 5.32 Å². The van der Waals surface area contributed by atoms with Crippen LogP contribution in [0, 0.1) is 0 Å². The Hall–Kier alpha value is -0.710. The topological polar surface area (TPSA) is 49.4 Å². The minimum atomic E-state index is -0.708. The maximum atomic E-state index is 11.7. The summed E-state index contributed by atoms with van der Waals surface area (Å²) in [5.74, 6) is 0.355. The van der Waals surface area contributed by atoms with Gasteiger partial charge in [-0.05, 0) is 13.3 Å². The van der Waals surface area contributed by atoms with Crippen LogP contribution in [-0.4, -0.2) is 34.7 Å². The van der Waals surface area contributed by atoms with Gasteiger partial charge in [-0.1, -0.05) is 6.92 Å². The largest absolute Gasteiger partial charge is 0.325 e. The monoisotopic (exact) mass is 202 g/mol. The van der Waals surface area contributed by atoms with E-state index in [1.54, 1.807) is 6.92 Å². The second-order valence-corrected chi connectivity index (χ2v) is 3.74. The lowest BCUT2D eigenvalue weighted by Gasteiger charge is -2.18. The highest BCUT2D eigenvalue weighted by molar-refractivity contribution is 7.80. The summed E-state index contributed by atoms with van der Waals surface area (Å²) >= 11 is 3.99. The van der Waals surface area contributed by atoms with Gasteiger partial charge in [-0.2, -0.15) is 12.6 Å². The maximum absolute atomic E-state index is 11.7. The molecule has 1 atom stereocenters. The van der Waals surface area contributed by atoms with Crippen LogP contribution in [0.5, 0.6) is 0 Å². The fourth-order valence-electron chi connectivity index (χ4n) is 1.29. The molecule has 0 aliphatic carbocycles. The first-order valence-corrected chi connectivity index (χ1v) is 4.93. The number of nitrogens with zero attached hydrogens (tertiary/aromatic N) is 1. The first-order valence-electron chi connectivity index (χ1n) is 4.30. The molecule has 0 radical (unpaired) electrons. The molecule has 1 rings (SSSR count). The van der Waals surface area contributed by atoms with Crippen LogP contribution in [0.25, 0.3) is 0 Å². The van der Waals surface area contributed by atoms with E-state index in [2.05, 4.69) is 17.9 Å². The smallest absolute Gasteiger partial charge is 0.323 e. The molecular weight excluding hydrogens is 188 g/mol. The Bertz CT molecular complexity index is 244. The molecule has 0 spiro atoms. The van der Waals surface area contributed by atoms with Gasteiger partial charge in [0.2, 0.25) is 0 Å². The standard InChI is InChI=1S/C8H14N2O2S/c1-3-8(2)6(11)10(4-5-13)7(12)9-8/h13H,3-5H2,1-2H3,(H,9,12). The summed E-state index contributed by atoms with van der Waals surface area (Å²) in [6.07, 6.45) is 0.612. The zero-order valence-corrected chi connectivity index (χ0v) is 8.73. The number of amides is 3. The van der Waals surface area contributed by atoms with E-state index in [1.165, 1.54) is 4.90 Å². The molecule has 1 aliphatic heterocycles. The molecule has 3 amide bonds. The van der Waals surface area contributed by atoms with Gasteiger partial charge in [0.05, 0.1) is 0 Å². The predicted molar refractivity (Wildman–Crippen MR) is 52.8 cm³/mol. The number of thiol groups is 1. The first kappa shape index (κ1) is 10.4. The van der Waals surface area contributed by atoms with Crippen molar-refractivity contribution in [3.8, 4) is 0 Å². The summed E-state index contributed by atoms with van der Waals surface area (Å²) in [4.78, 5) is 24.2. The summed E-state index contributed by atoms with van der Waals surface area (Å²) in [5, 5.41) is 2.67. The Kier molecular flexibility index (Phi) is 2.85. The van der Waals surface area contributed by atoms with Crippen molar-refractivity contribution >= 4 is 24.6 Å². The lowest BCUT2D eigenvalue weighted by molar-refractivity contribution is -0.130. The molecule has 1 heterocycles. The predicted octanol–water partition coefficient (Wildman–Crippen LogP) is 0.637. The summed E-state index contributed by atoms with van der Waals surface area (Å²) in [7, 11) is 0. The van der Waals surface area contributed by atoms with E-state index < -0.39 is 5.54 Å². The van der Waals surface area contributed by atoms with Gasteiger partial charge in [0.25, 0.3) is 5.91 Å². The first-order chi connectivity index (χ1) is 6.05. The van der Waals surface area contributed by atoms with E-state index in [0.717, 1.165) is 0 Å². The van der Waals surface area contributed by atoms with E-state index in [-0.39, 0.29) is 11.9 Å². The average molecular weight is 202 g/mol. The van der Waals surface area contributed by atoms with Crippen LogP contribution in [0.2, 0.25) is 0 Å². The van der Waals surface area contributed by atoms with Crippen molar-refractivity contribution in [2.75, 3.05) is 12.3 Å². The lowest BCUT2D eigenvalue weighted by Crippen LogP contribution is -2.43. The molecule has 4 nitrogen and oxygen atoms in total. The zero-order chi connectivity index (χ0) is 10.1. The Labute approximate surface area is 83.1 Å². The highest BCUT2D eigenvalue weighted by atomic mass is 32.1. The fraction of sp³-hybridized carbons (Fsp3) is 0.750. The van der Waals surface area contributed by atoms with E-state index >= 15 is 0 Å². The number of rotatable bonds is 3. The molecule has 1 aliphatic rings. The molecular formula is C8H14N2O2S. The van der Waals surface area contributed by atoms with Gasteiger partial charge in [0, 0.05) is 12.3 Å². The normalized spacial score (nSPS) is 28.1. The third kappa shape index (κ3) is 1.65. The van der Waals surface area contributed by atoms with Gasteiger partial charge in [-0.15, -0.1) is 0 Å². The summed E-state index contributed by atoms with van der Waals surface area (Å²) < 4.78 is 0.